The molecule has 0 atom stereocenters. The molecule has 106 valence electrons. The minimum Gasteiger partial charge on any atom is -0.476 e. The van der Waals surface area contributed by atoms with E-state index in [4.69, 9.17) is 5.11 Å². The van der Waals surface area contributed by atoms with Crippen molar-refractivity contribution in [3.8, 4) is 0 Å². The molecule has 0 fully saturated rings. The zero-order valence-electron chi connectivity index (χ0n) is 10.4. The Labute approximate surface area is 114 Å². The third-order valence-electron chi connectivity index (χ3n) is 2.43. The topological polar surface area (TPSA) is 138 Å². The molecule has 0 aliphatic carbocycles. The molecule has 0 aliphatic heterocycles. The van der Waals surface area contributed by atoms with E-state index in [0.717, 1.165) is 0 Å². The summed E-state index contributed by atoms with van der Waals surface area (Å²) in [6.45, 7) is 1.33. The predicted molar refractivity (Wildman–Crippen MR) is 66.3 cm³/mol. The number of aryl methyl sites for hydroxylation is 1. The standard InChI is InChI=1S/C10H11N5O4S/c1-6-9(8(10(16)17)15-13-6)20(18,19)12-5-7-3-2-4-11-14-7/h2-4,12H,5H2,1H3,(H,13,15)(H,16,17). The van der Waals surface area contributed by atoms with Crippen LogP contribution >= 0.6 is 0 Å². The Balaban J connectivity index is 2.27. The molecule has 0 amide bonds. The molecule has 9 nitrogen and oxygen atoms in total. The van der Waals surface area contributed by atoms with Crippen molar-refractivity contribution in [3.63, 3.8) is 0 Å². The lowest BCUT2D eigenvalue weighted by Gasteiger charge is -2.05. The second-order valence-electron chi connectivity index (χ2n) is 3.87. The Morgan fingerprint density at radius 2 is 2.25 bits per heavy atom. The van der Waals surface area contributed by atoms with Crippen LogP contribution in [0, 0.1) is 6.92 Å². The summed E-state index contributed by atoms with van der Waals surface area (Å²) in [5.74, 6) is -1.42. The number of aromatic amines is 1. The Hall–Kier alpha value is -2.33. The summed E-state index contributed by atoms with van der Waals surface area (Å²) < 4.78 is 26.5. The molecule has 2 aromatic heterocycles. The summed E-state index contributed by atoms with van der Waals surface area (Å²) in [6, 6.07) is 3.21. The third kappa shape index (κ3) is 2.81. The van der Waals surface area contributed by atoms with Crippen LogP contribution in [-0.2, 0) is 16.6 Å². The van der Waals surface area contributed by atoms with E-state index < -0.39 is 21.7 Å². The van der Waals surface area contributed by atoms with Crippen LogP contribution in [0.1, 0.15) is 21.9 Å². The summed E-state index contributed by atoms with van der Waals surface area (Å²) in [6.07, 6.45) is 1.46. The van der Waals surface area contributed by atoms with Gasteiger partial charge in [0.25, 0.3) is 0 Å². The first-order valence-corrected chi connectivity index (χ1v) is 6.94. The van der Waals surface area contributed by atoms with Gasteiger partial charge >= 0.3 is 5.97 Å². The fourth-order valence-corrected chi connectivity index (χ4v) is 2.88. The third-order valence-corrected chi connectivity index (χ3v) is 3.99. The monoisotopic (exact) mass is 297 g/mol. The van der Waals surface area contributed by atoms with Crippen LogP contribution in [-0.4, -0.2) is 39.9 Å². The highest BCUT2D eigenvalue weighted by molar-refractivity contribution is 7.89. The summed E-state index contributed by atoms with van der Waals surface area (Å²) >= 11 is 0. The average Bonchev–Trinajstić information content (AvgIpc) is 2.81. The van der Waals surface area contributed by atoms with Gasteiger partial charge in [-0.2, -0.15) is 15.3 Å². The van der Waals surface area contributed by atoms with Crippen molar-refractivity contribution in [1.82, 2.24) is 25.1 Å². The number of carboxylic acid groups (broad SMARTS) is 1. The van der Waals surface area contributed by atoms with Crippen LogP contribution < -0.4 is 4.72 Å². The molecule has 0 bridgehead atoms. The molecule has 20 heavy (non-hydrogen) atoms. The van der Waals surface area contributed by atoms with E-state index in [9.17, 15) is 13.2 Å². The number of H-pyrrole nitrogens is 1. The van der Waals surface area contributed by atoms with Gasteiger partial charge in [0.05, 0.1) is 17.9 Å². The molecule has 10 heteroatoms. The van der Waals surface area contributed by atoms with Gasteiger partial charge < -0.3 is 5.11 Å². The number of nitrogens with zero attached hydrogens (tertiary/aromatic N) is 3. The first-order valence-electron chi connectivity index (χ1n) is 5.46. The quantitative estimate of drug-likeness (QED) is 0.687. The summed E-state index contributed by atoms with van der Waals surface area (Å²) in [7, 11) is -4.01. The molecule has 2 aromatic rings. The van der Waals surface area contributed by atoms with Crippen molar-refractivity contribution in [3.05, 3.63) is 35.4 Å². The minimum atomic E-state index is -4.01. The number of hydrogen-bond donors (Lipinski definition) is 3. The Bertz CT molecular complexity index is 725. The zero-order chi connectivity index (χ0) is 14.8. The van der Waals surface area contributed by atoms with Crippen molar-refractivity contribution in [2.45, 2.75) is 18.4 Å². The summed E-state index contributed by atoms with van der Waals surface area (Å²) in [5.41, 5.74) is 0.0114. The van der Waals surface area contributed by atoms with E-state index in [-0.39, 0.29) is 17.1 Å². The smallest absolute Gasteiger partial charge is 0.357 e. The number of aromatic carboxylic acids is 1. The van der Waals surface area contributed by atoms with E-state index in [2.05, 4.69) is 25.1 Å². The Morgan fingerprint density at radius 1 is 1.50 bits per heavy atom. The molecule has 0 saturated carbocycles. The van der Waals surface area contributed by atoms with E-state index in [1.165, 1.54) is 13.1 Å². The maximum atomic E-state index is 12.1. The highest BCUT2D eigenvalue weighted by atomic mass is 32.2. The van der Waals surface area contributed by atoms with Gasteiger partial charge in [0.15, 0.2) is 5.69 Å². The number of carboxylic acids is 1. The highest BCUT2D eigenvalue weighted by Crippen LogP contribution is 2.17. The van der Waals surface area contributed by atoms with Gasteiger partial charge in [-0.15, -0.1) is 0 Å². The number of rotatable bonds is 5. The molecular formula is C10H11N5O4S. The van der Waals surface area contributed by atoms with Crippen molar-refractivity contribution in [2.24, 2.45) is 0 Å². The molecule has 0 unspecified atom stereocenters. The van der Waals surface area contributed by atoms with Gasteiger partial charge in [-0.1, -0.05) is 0 Å². The molecule has 0 saturated heterocycles. The molecule has 3 N–H and O–H groups in total. The van der Waals surface area contributed by atoms with Crippen LogP contribution in [0.5, 0.6) is 0 Å². The fourth-order valence-electron chi connectivity index (χ4n) is 1.56. The number of sulfonamides is 1. The fraction of sp³-hybridized carbons (Fsp3) is 0.200. The van der Waals surface area contributed by atoms with Gasteiger partial charge in [0, 0.05) is 6.20 Å². The molecular weight excluding hydrogens is 286 g/mol. The van der Waals surface area contributed by atoms with Crippen molar-refractivity contribution >= 4 is 16.0 Å². The van der Waals surface area contributed by atoms with Gasteiger partial charge in [-0.25, -0.2) is 17.9 Å². The molecule has 0 spiro atoms. The number of carbonyl (C=O) groups is 1. The van der Waals surface area contributed by atoms with Gasteiger partial charge in [-0.05, 0) is 19.1 Å². The van der Waals surface area contributed by atoms with E-state index in [1.54, 1.807) is 12.1 Å². The Kier molecular flexibility index (Phi) is 3.77. The number of aromatic nitrogens is 4. The second kappa shape index (κ2) is 5.35. The lowest BCUT2D eigenvalue weighted by Crippen LogP contribution is -2.25. The van der Waals surface area contributed by atoms with Crippen LogP contribution in [0.4, 0.5) is 0 Å². The summed E-state index contributed by atoms with van der Waals surface area (Å²) in [4.78, 5) is 10.6. The molecule has 2 heterocycles. The highest BCUT2D eigenvalue weighted by Gasteiger charge is 2.28. The maximum Gasteiger partial charge on any atom is 0.357 e. The SMILES string of the molecule is Cc1[nH]nc(C(=O)O)c1S(=O)(=O)NCc1cccnn1. The van der Waals surface area contributed by atoms with Crippen LogP contribution in [0.25, 0.3) is 0 Å². The van der Waals surface area contributed by atoms with E-state index >= 15 is 0 Å². The van der Waals surface area contributed by atoms with E-state index in [1.807, 2.05) is 0 Å². The lowest BCUT2D eigenvalue weighted by molar-refractivity contribution is 0.0686. The normalized spacial score (nSPS) is 11.4. The lowest BCUT2D eigenvalue weighted by atomic mass is 10.4. The van der Waals surface area contributed by atoms with Crippen molar-refractivity contribution in [1.29, 1.82) is 0 Å². The largest absolute Gasteiger partial charge is 0.476 e. The molecule has 2 rings (SSSR count). The van der Waals surface area contributed by atoms with Crippen molar-refractivity contribution < 1.29 is 18.3 Å². The minimum absolute atomic E-state index is 0.0974. The maximum absolute atomic E-state index is 12.1. The van der Waals surface area contributed by atoms with Crippen LogP contribution in [0.15, 0.2) is 23.2 Å². The molecule has 0 aromatic carbocycles. The average molecular weight is 297 g/mol. The zero-order valence-corrected chi connectivity index (χ0v) is 11.2. The number of hydrogen-bond acceptors (Lipinski definition) is 6. The first kappa shape index (κ1) is 14.1. The first-order chi connectivity index (χ1) is 9.42. The second-order valence-corrected chi connectivity index (χ2v) is 5.57. The predicted octanol–water partition coefficient (Wildman–Crippen LogP) is -0.315. The van der Waals surface area contributed by atoms with Crippen molar-refractivity contribution in [2.75, 3.05) is 0 Å². The van der Waals surface area contributed by atoms with Gasteiger partial charge in [0.1, 0.15) is 4.90 Å². The summed E-state index contributed by atoms with van der Waals surface area (Å²) in [5, 5.41) is 22.1. The molecule has 0 aliphatic rings. The van der Waals surface area contributed by atoms with Gasteiger partial charge in [-0.3, -0.25) is 5.10 Å². The van der Waals surface area contributed by atoms with Gasteiger partial charge in [0.2, 0.25) is 10.0 Å². The molecule has 0 radical (unpaired) electrons. The Morgan fingerprint density at radius 3 is 2.85 bits per heavy atom. The van der Waals surface area contributed by atoms with Crippen LogP contribution in [0.3, 0.4) is 0 Å². The van der Waals surface area contributed by atoms with E-state index in [0.29, 0.717) is 5.69 Å². The van der Waals surface area contributed by atoms with Crippen LogP contribution in [0.2, 0.25) is 0 Å². The number of nitrogens with one attached hydrogen (secondary N) is 2.